The molecule has 0 aliphatic heterocycles. The van der Waals surface area contributed by atoms with Crippen LogP contribution in [0.15, 0.2) is 0 Å². The molecule has 0 spiro atoms. The first kappa shape index (κ1) is 35.4. The van der Waals surface area contributed by atoms with Crippen molar-refractivity contribution in [1.82, 2.24) is 0 Å². The van der Waals surface area contributed by atoms with Crippen LogP contribution >= 0.6 is 69.6 Å². The van der Waals surface area contributed by atoms with E-state index in [0.717, 1.165) is 17.4 Å². The summed E-state index contributed by atoms with van der Waals surface area (Å²) in [5, 5.41) is 26.7. The fourth-order valence-corrected chi connectivity index (χ4v) is 0. The summed E-state index contributed by atoms with van der Waals surface area (Å²) in [6, 6.07) is 0. The second-order valence-electron chi connectivity index (χ2n) is 8.37. The van der Waals surface area contributed by atoms with Gasteiger partial charge in [-0.25, -0.2) is 0 Å². The summed E-state index contributed by atoms with van der Waals surface area (Å²) in [7, 11) is 0. The van der Waals surface area contributed by atoms with Crippen molar-refractivity contribution >= 4 is 69.6 Å². The summed E-state index contributed by atoms with van der Waals surface area (Å²) in [5.74, 6) is 0. The van der Waals surface area contributed by atoms with Crippen molar-refractivity contribution in [3.63, 3.8) is 0 Å². The normalized spacial score (nSPS) is 13.3. The molecular weight excluding hydrogens is 508 g/mol. The van der Waals surface area contributed by atoms with Crippen molar-refractivity contribution in [2.75, 3.05) is 0 Å². The molecule has 11 heteroatoms. The number of aliphatic hydroxyl groups is 3. The summed E-state index contributed by atoms with van der Waals surface area (Å²) < 4.78 is 3.33. The Balaban J connectivity index is -0.000000133. The second kappa shape index (κ2) is 12.6. The first-order chi connectivity index (χ1) is 10.8. The molecule has 0 saturated carbocycles. The summed E-state index contributed by atoms with van der Waals surface area (Å²) in [5.41, 5.74) is -1.43. The van der Waals surface area contributed by atoms with E-state index in [0.29, 0.717) is 0 Å². The number of alkyl halides is 6. The van der Waals surface area contributed by atoms with Gasteiger partial charge >= 0.3 is 21.0 Å². The molecule has 0 aromatic heterocycles. The Morgan fingerprint density at radius 3 is 0.500 bits per heavy atom. The number of hydrogen-bond acceptors (Lipinski definition) is 4. The van der Waals surface area contributed by atoms with Gasteiger partial charge in [0.05, 0.1) is 0 Å². The molecule has 0 saturated heterocycles. The maximum atomic E-state index is 8.89. The van der Waals surface area contributed by atoms with Crippen LogP contribution in [0.2, 0.25) is 0 Å². The van der Waals surface area contributed by atoms with Crippen molar-refractivity contribution in [2.45, 2.75) is 75.9 Å². The van der Waals surface area contributed by atoms with E-state index in [1.807, 2.05) is 0 Å². The zero-order chi connectivity index (χ0) is 23.0. The van der Waals surface area contributed by atoms with E-state index < -0.39 is 29.8 Å². The van der Waals surface area contributed by atoms with Crippen LogP contribution in [0.3, 0.4) is 0 Å². The quantitative estimate of drug-likeness (QED) is 0.315. The van der Waals surface area contributed by atoms with E-state index in [1.54, 1.807) is 62.3 Å². The van der Waals surface area contributed by atoms with Crippen LogP contribution in [0.1, 0.15) is 62.3 Å². The molecule has 0 aromatic carbocycles. The van der Waals surface area contributed by atoms with Gasteiger partial charge in [0.15, 0.2) is 0 Å². The minimum absolute atomic E-state index is 0.476. The van der Waals surface area contributed by atoms with Crippen molar-refractivity contribution in [3.05, 3.63) is 0 Å². The Labute approximate surface area is 197 Å². The van der Waals surface area contributed by atoms with Crippen LogP contribution in [-0.2, 0) is 21.0 Å². The van der Waals surface area contributed by atoms with E-state index in [1.165, 1.54) is 0 Å². The zero-order valence-corrected chi connectivity index (χ0v) is 22.4. The molecule has 26 heavy (non-hydrogen) atoms. The first-order valence-electron chi connectivity index (χ1n) is 7.24. The number of rotatable bonds is 0. The minimum atomic E-state index is -1.62. The van der Waals surface area contributed by atoms with Gasteiger partial charge in [0, 0.05) is 16.2 Å². The Morgan fingerprint density at radius 1 is 0.462 bits per heavy atom. The second-order valence-corrected chi connectivity index (χ2v) is 12.2. The fourth-order valence-electron chi connectivity index (χ4n) is 0. The van der Waals surface area contributed by atoms with Gasteiger partial charge in [0.1, 0.15) is 0 Å². The van der Waals surface area contributed by atoms with Crippen LogP contribution in [0.5, 0.6) is 0 Å². The van der Waals surface area contributed by atoms with Gasteiger partial charge in [0.25, 0.3) is 0 Å². The van der Waals surface area contributed by atoms with Crippen LogP contribution in [-0.4, -0.2) is 28.9 Å². The van der Waals surface area contributed by atoms with Gasteiger partial charge in [-0.15, -0.1) is 0 Å². The van der Waals surface area contributed by atoms with Crippen LogP contribution in [0.25, 0.3) is 0 Å². The third kappa shape index (κ3) is 19.3. The SMILES string of the molecule is CC(C)(C)C(O)(Cl)Cl.CC(C)(C)C(O)(Cl)Cl.CC(C)(C)C(O)(Cl)Cl.[O]=[V]. The van der Waals surface area contributed by atoms with E-state index in [2.05, 4.69) is 0 Å². The van der Waals surface area contributed by atoms with Gasteiger partial charge in [-0.3, -0.25) is 0 Å². The van der Waals surface area contributed by atoms with E-state index in [9.17, 15) is 0 Å². The molecular formula is C15H30Cl6O4V. The molecule has 0 radical (unpaired) electrons. The number of hydrogen-bond donors (Lipinski definition) is 3. The average Bonchev–Trinajstić information content (AvgIpc) is 2.24. The molecule has 0 aliphatic carbocycles. The molecule has 3 N–H and O–H groups in total. The van der Waals surface area contributed by atoms with Gasteiger partial charge in [-0.05, 0) is 0 Å². The third-order valence-electron chi connectivity index (χ3n) is 2.71. The summed E-state index contributed by atoms with van der Waals surface area (Å²) in [6.07, 6.45) is 0. The van der Waals surface area contributed by atoms with Gasteiger partial charge in [-0.2, -0.15) is 0 Å². The van der Waals surface area contributed by atoms with Crippen molar-refractivity contribution in [1.29, 1.82) is 0 Å². The Hall–Kier alpha value is 2.00. The molecule has 0 fully saturated rings. The molecule has 0 amide bonds. The Kier molecular flexibility index (Phi) is 17.2. The fraction of sp³-hybridized carbons (Fsp3) is 1.00. The third-order valence-corrected chi connectivity index (χ3v) is 6.11. The summed E-state index contributed by atoms with van der Waals surface area (Å²) >= 11 is 33.0. The zero-order valence-electron chi connectivity index (χ0n) is 16.5. The molecule has 0 aliphatic rings. The monoisotopic (exact) mass is 535 g/mol. The molecule has 0 aromatic rings. The van der Waals surface area contributed by atoms with Crippen LogP contribution < -0.4 is 0 Å². The molecule has 0 rings (SSSR count). The van der Waals surface area contributed by atoms with Crippen molar-refractivity contribution in [2.24, 2.45) is 16.2 Å². The van der Waals surface area contributed by atoms with Crippen molar-refractivity contribution in [3.8, 4) is 0 Å². The predicted molar refractivity (Wildman–Crippen MR) is 109 cm³/mol. The van der Waals surface area contributed by atoms with E-state index in [4.69, 9.17) is 88.6 Å². The van der Waals surface area contributed by atoms with Gasteiger partial charge in [-0.1, -0.05) is 132 Å². The molecule has 161 valence electrons. The summed E-state index contributed by atoms with van der Waals surface area (Å²) in [4.78, 5) is 0. The molecule has 0 unspecified atom stereocenters. The maximum absolute atomic E-state index is 8.89. The van der Waals surface area contributed by atoms with Gasteiger partial charge in [0.2, 0.25) is 13.6 Å². The van der Waals surface area contributed by atoms with Crippen LogP contribution in [0.4, 0.5) is 0 Å². The summed E-state index contributed by atoms with van der Waals surface area (Å²) in [6.45, 7) is 15.8. The molecule has 0 bridgehead atoms. The van der Waals surface area contributed by atoms with Crippen molar-refractivity contribution < 1.29 is 36.4 Å². The molecule has 0 heterocycles. The predicted octanol–water partition coefficient (Wildman–Crippen LogP) is 6.35. The topological polar surface area (TPSA) is 77.8 Å². The Bertz CT molecular complexity index is 275. The van der Waals surface area contributed by atoms with E-state index >= 15 is 0 Å². The van der Waals surface area contributed by atoms with Crippen LogP contribution in [0, 0.1) is 16.2 Å². The molecule has 4 nitrogen and oxygen atoms in total. The Morgan fingerprint density at radius 2 is 0.500 bits per heavy atom. The van der Waals surface area contributed by atoms with E-state index in [-0.39, 0.29) is 0 Å². The molecule has 0 atom stereocenters. The number of halogens is 6. The average molecular weight is 538 g/mol. The standard InChI is InChI=1S/3C5H10Cl2O.O.V/c3*1-4(2,3)5(6,7)8;;/h3*8H,1-3H3;;. The first-order valence-corrected chi connectivity index (χ1v) is 10.1. The van der Waals surface area contributed by atoms with Gasteiger partial charge < -0.3 is 15.3 Å².